The minimum atomic E-state index is -0.207. The molecular weight excluding hydrogens is 478 g/mol. The van der Waals surface area contributed by atoms with E-state index in [2.05, 4.69) is 44.3 Å². The summed E-state index contributed by atoms with van der Waals surface area (Å²) < 4.78 is 5.33. The Labute approximate surface area is 222 Å². The molecule has 0 atom stereocenters. The van der Waals surface area contributed by atoms with Crippen LogP contribution >= 0.6 is 11.8 Å². The van der Waals surface area contributed by atoms with Gasteiger partial charge in [-0.2, -0.15) is 5.26 Å². The smallest absolute Gasteiger partial charge is 0.234 e. The third kappa shape index (κ3) is 6.19. The number of para-hydroxylation sites is 2. The molecule has 0 saturated carbocycles. The number of ether oxygens (including phenoxy) is 1. The molecule has 6 heteroatoms. The van der Waals surface area contributed by atoms with Gasteiger partial charge in [0.25, 0.3) is 0 Å². The summed E-state index contributed by atoms with van der Waals surface area (Å²) in [7, 11) is 1.56. The molecule has 4 rings (SSSR count). The molecule has 0 aliphatic carbocycles. The van der Waals surface area contributed by atoms with Crippen LogP contribution in [-0.2, 0) is 10.2 Å². The van der Waals surface area contributed by atoms with E-state index in [1.807, 2.05) is 60.7 Å². The number of hydrogen-bond acceptors (Lipinski definition) is 5. The number of aromatic nitrogens is 1. The Morgan fingerprint density at radius 1 is 0.973 bits per heavy atom. The molecule has 5 nitrogen and oxygen atoms in total. The summed E-state index contributed by atoms with van der Waals surface area (Å²) in [6.07, 6.45) is 0. The van der Waals surface area contributed by atoms with Gasteiger partial charge >= 0.3 is 0 Å². The molecular formula is C31H29N3O2S. The van der Waals surface area contributed by atoms with E-state index in [9.17, 15) is 10.1 Å². The Morgan fingerprint density at radius 3 is 2.30 bits per heavy atom. The molecule has 1 aromatic heterocycles. The highest BCUT2D eigenvalue weighted by Gasteiger charge is 2.19. The van der Waals surface area contributed by atoms with E-state index < -0.39 is 0 Å². The number of methoxy groups -OCH3 is 1. The van der Waals surface area contributed by atoms with Gasteiger partial charge in [-0.25, -0.2) is 4.98 Å². The van der Waals surface area contributed by atoms with Crippen LogP contribution in [0.15, 0.2) is 90.0 Å². The maximum atomic E-state index is 12.8. The van der Waals surface area contributed by atoms with Crippen LogP contribution in [-0.4, -0.2) is 23.8 Å². The topological polar surface area (TPSA) is 75.0 Å². The van der Waals surface area contributed by atoms with Crippen molar-refractivity contribution in [2.45, 2.75) is 31.2 Å². The lowest BCUT2D eigenvalue weighted by atomic mass is 9.86. The number of pyridine rings is 1. The maximum absolute atomic E-state index is 12.8. The van der Waals surface area contributed by atoms with Crippen LogP contribution in [0.25, 0.3) is 22.4 Å². The highest BCUT2D eigenvalue weighted by Crippen LogP contribution is 2.35. The predicted octanol–water partition coefficient (Wildman–Crippen LogP) is 7.32. The van der Waals surface area contributed by atoms with Gasteiger partial charge in [-0.1, -0.05) is 99.3 Å². The summed E-state index contributed by atoms with van der Waals surface area (Å²) in [5.41, 5.74) is 5.73. The summed E-state index contributed by atoms with van der Waals surface area (Å²) in [6.45, 7) is 6.52. The van der Waals surface area contributed by atoms with Crippen molar-refractivity contribution in [2.24, 2.45) is 0 Å². The molecule has 0 aliphatic heterocycles. The first kappa shape index (κ1) is 26.0. The number of carbonyl (C=O) groups excluding carboxylic acids is 1. The molecule has 0 spiro atoms. The standard InChI is InChI=1S/C31H29N3O2S/c1-31(2,3)23-16-14-21(15-17-23)24-18-27(22-10-6-5-7-11-22)34-30(25(24)19-32)37-20-29(35)33-26-12-8-9-13-28(26)36-4/h5-18H,20H2,1-4H3,(H,33,35). The average molecular weight is 508 g/mol. The van der Waals surface area contributed by atoms with Crippen LogP contribution in [0.4, 0.5) is 5.69 Å². The number of thioether (sulfide) groups is 1. The third-order valence-corrected chi connectivity index (χ3v) is 6.93. The van der Waals surface area contributed by atoms with E-state index in [1.54, 1.807) is 19.2 Å². The van der Waals surface area contributed by atoms with E-state index >= 15 is 0 Å². The molecule has 0 radical (unpaired) electrons. The molecule has 0 saturated heterocycles. The fraction of sp³-hybridized carbons (Fsp3) is 0.194. The highest BCUT2D eigenvalue weighted by atomic mass is 32.2. The minimum Gasteiger partial charge on any atom is -0.495 e. The molecule has 3 aromatic carbocycles. The second kappa shape index (κ2) is 11.3. The summed E-state index contributed by atoms with van der Waals surface area (Å²) in [5, 5.41) is 13.6. The number of benzene rings is 3. The number of nitriles is 1. The zero-order chi connectivity index (χ0) is 26.4. The SMILES string of the molecule is COc1ccccc1NC(=O)CSc1nc(-c2ccccc2)cc(-c2ccc(C(C)(C)C)cc2)c1C#N. The second-order valence-electron chi connectivity index (χ2n) is 9.58. The Bertz CT molecular complexity index is 1440. The Morgan fingerprint density at radius 2 is 1.65 bits per heavy atom. The van der Waals surface area contributed by atoms with E-state index in [0.29, 0.717) is 22.0 Å². The zero-order valence-electron chi connectivity index (χ0n) is 21.4. The lowest BCUT2D eigenvalue weighted by Gasteiger charge is -2.19. The molecule has 0 fully saturated rings. The van der Waals surface area contributed by atoms with Crippen LogP contribution in [0, 0.1) is 11.3 Å². The third-order valence-electron chi connectivity index (χ3n) is 5.95. The van der Waals surface area contributed by atoms with E-state index in [0.717, 1.165) is 22.4 Å². The molecule has 4 aromatic rings. The summed E-state index contributed by atoms with van der Waals surface area (Å²) >= 11 is 1.25. The summed E-state index contributed by atoms with van der Waals surface area (Å²) in [6, 6.07) is 29.7. The lowest BCUT2D eigenvalue weighted by Crippen LogP contribution is -2.15. The number of rotatable bonds is 7. The van der Waals surface area contributed by atoms with Crippen molar-refractivity contribution in [1.29, 1.82) is 5.26 Å². The molecule has 0 aliphatic rings. The lowest BCUT2D eigenvalue weighted by molar-refractivity contribution is -0.113. The second-order valence-corrected chi connectivity index (χ2v) is 10.5. The van der Waals surface area contributed by atoms with Gasteiger partial charge in [-0.15, -0.1) is 0 Å². The number of hydrogen-bond donors (Lipinski definition) is 1. The normalized spacial score (nSPS) is 11.0. The van der Waals surface area contributed by atoms with Gasteiger partial charge < -0.3 is 10.1 Å². The monoisotopic (exact) mass is 507 g/mol. The number of nitrogens with one attached hydrogen (secondary N) is 1. The molecule has 1 heterocycles. The quantitative estimate of drug-likeness (QED) is 0.265. The fourth-order valence-electron chi connectivity index (χ4n) is 3.94. The van der Waals surface area contributed by atoms with Gasteiger partial charge in [0.05, 0.1) is 29.8 Å². The van der Waals surface area contributed by atoms with Gasteiger partial charge in [-0.05, 0) is 34.7 Å². The van der Waals surface area contributed by atoms with Crippen molar-refractivity contribution in [3.05, 3.63) is 96.1 Å². The van der Waals surface area contributed by atoms with Gasteiger partial charge in [0, 0.05) is 11.1 Å². The zero-order valence-corrected chi connectivity index (χ0v) is 22.2. The first-order valence-corrected chi connectivity index (χ1v) is 13.0. The Kier molecular flexibility index (Phi) is 7.95. The van der Waals surface area contributed by atoms with Gasteiger partial charge in [0.2, 0.25) is 5.91 Å². The largest absolute Gasteiger partial charge is 0.495 e. The average Bonchev–Trinajstić information content (AvgIpc) is 2.91. The van der Waals surface area contributed by atoms with E-state index in [1.165, 1.54) is 17.3 Å². The number of amides is 1. The van der Waals surface area contributed by atoms with Gasteiger partial charge in [-0.3, -0.25) is 4.79 Å². The molecule has 0 bridgehead atoms. The summed E-state index contributed by atoms with van der Waals surface area (Å²) in [4.78, 5) is 17.6. The van der Waals surface area contributed by atoms with Crippen LogP contribution in [0.1, 0.15) is 31.9 Å². The van der Waals surface area contributed by atoms with Crippen LogP contribution in [0.3, 0.4) is 0 Å². The molecule has 37 heavy (non-hydrogen) atoms. The number of anilines is 1. The van der Waals surface area contributed by atoms with E-state index in [-0.39, 0.29) is 17.1 Å². The first-order chi connectivity index (χ1) is 17.8. The number of nitrogens with zero attached hydrogens (tertiary/aromatic N) is 2. The molecule has 186 valence electrons. The van der Waals surface area contributed by atoms with Crippen molar-refractivity contribution in [3.8, 4) is 34.2 Å². The van der Waals surface area contributed by atoms with Crippen molar-refractivity contribution in [1.82, 2.24) is 4.98 Å². The highest BCUT2D eigenvalue weighted by molar-refractivity contribution is 8.00. The fourth-order valence-corrected chi connectivity index (χ4v) is 4.74. The van der Waals surface area contributed by atoms with Gasteiger partial charge in [0.1, 0.15) is 16.8 Å². The van der Waals surface area contributed by atoms with Crippen LogP contribution in [0.2, 0.25) is 0 Å². The molecule has 1 amide bonds. The minimum absolute atomic E-state index is 0.0276. The van der Waals surface area contributed by atoms with Crippen molar-refractivity contribution < 1.29 is 9.53 Å². The van der Waals surface area contributed by atoms with E-state index in [4.69, 9.17) is 9.72 Å². The number of carbonyl (C=O) groups is 1. The van der Waals surface area contributed by atoms with Crippen LogP contribution < -0.4 is 10.1 Å². The predicted molar refractivity (Wildman–Crippen MR) is 151 cm³/mol. The molecule has 1 N–H and O–H groups in total. The van der Waals surface area contributed by atoms with Crippen molar-refractivity contribution in [2.75, 3.05) is 18.2 Å². The van der Waals surface area contributed by atoms with Crippen molar-refractivity contribution in [3.63, 3.8) is 0 Å². The van der Waals surface area contributed by atoms with Crippen molar-refractivity contribution >= 4 is 23.4 Å². The summed E-state index contributed by atoms with van der Waals surface area (Å²) in [5.74, 6) is 0.477. The van der Waals surface area contributed by atoms with Crippen LogP contribution in [0.5, 0.6) is 5.75 Å². The Hall–Kier alpha value is -4.08. The maximum Gasteiger partial charge on any atom is 0.234 e. The first-order valence-electron chi connectivity index (χ1n) is 12.0. The molecule has 0 unspecified atom stereocenters. The Balaban J connectivity index is 1.69. The van der Waals surface area contributed by atoms with Gasteiger partial charge in [0.15, 0.2) is 0 Å².